The molecule has 0 heterocycles. The predicted molar refractivity (Wildman–Crippen MR) is 69.3 cm³/mol. The van der Waals surface area contributed by atoms with Gasteiger partial charge in [0.05, 0.1) is 0 Å². The topological polar surface area (TPSA) is 26.0 Å². The summed E-state index contributed by atoms with van der Waals surface area (Å²) in [5.74, 6) is -1.53. The molecule has 0 radical (unpaired) electrons. The van der Waals surface area contributed by atoms with Crippen LogP contribution in [-0.4, -0.2) is 6.54 Å². The standard InChI is InChI=1S/C15H21F2N/c16-13-6-5-12(9-14(13)17)10-15(11-18)7-3-1-2-4-8-15/h5-6,9H,1-4,7-8,10-11,18H2. The van der Waals surface area contributed by atoms with Crippen LogP contribution in [0.15, 0.2) is 18.2 Å². The monoisotopic (exact) mass is 253 g/mol. The Kier molecular flexibility index (Phi) is 4.33. The Morgan fingerprint density at radius 2 is 1.67 bits per heavy atom. The van der Waals surface area contributed by atoms with Crippen molar-refractivity contribution in [2.75, 3.05) is 6.54 Å². The molecule has 1 aliphatic rings. The zero-order chi connectivity index (χ0) is 13.0. The van der Waals surface area contributed by atoms with Crippen LogP contribution in [0.25, 0.3) is 0 Å². The Morgan fingerprint density at radius 1 is 1.00 bits per heavy atom. The van der Waals surface area contributed by atoms with Crippen molar-refractivity contribution in [2.45, 2.75) is 44.9 Å². The van der Waals surface area contributed by atoms with Crippen molar-refractivity contribution in [1.29, 1.82) is 0 Å². The highest BCUT2D eigenvalue weighted by molar-refractivity contribution is 5.19. The number of hydrogen-bond donors (Lipinski definition) is 1. The first kappa shape index (κ1) is 13.5. The van der Waals surface area contributed by atoms with Crippen LogP contribution >= 0.6 is 0 Å². The Morgan fingerprint density at radius 3 is 2.22 bits per heavy atom. The molecule has 18 heavy (non-hydrogen) atoms. The summed E-state index contributed by atoms with van der Waals surface area (Å²) in [6, 6.07) is 4.21. The molecule has 0 aromatic heterocycles. The quantitative estimate of drug-likeness (QED) is 0.814. The third kappa shape index (κ3) is 3.08. The number of nitrogens with two attached hydrogens (primary N) is 1. The van der Waals surface area contributed by atoms with Gasteiger partial charge in [-0.2, -0.15) is 0 Å². The van der Waals surface area contributed by atoms with E-state index in [0.717, 1.165) is 24.8 Å². The molecule has 1 aromatic carbocycles. The molecule has 0 unspecified atom stereocenters. The molecule has 3 heteroatoms. The minimum Gasteiger partial charge on any atom is -0.330 e. The fourth-order valence-corrected chi connectivity index (χ4v) is 3.01. The lowest BCUT2D eigenvalue weighted by Gasteiger charge is -2.31. The molecule has 1 aliphatic carbocycles. The maximum atomic E-state index is 13.2. The molecular formula is C15H21F2N. The van der Waals surface area contributed by atoms with E-state index in [1.165, 1.54) is 37.8 Å². The normalized spacial score (nSPS) is 19.5. The molecule has 0 spiro atoms. The Bertz CT molecular complexity index is 395. The number of hydrogen-bond acceptors (Lipinski definition) is 1. The molecular weight excluding hydrogens is 232 g/mol. The first-order valence-corrected chi connectivity index (χ1v) is 6.79. The van der Waals surface area contributed by atoms with Gasteiger partial charge in [0.15, 0.2) is 11.6 Å². The van der Waals surface area contributed by atoms with Crippen LogP contribution in [0.4, 0.5) is 8.78 Å². The lowest BCUT2D eigenvalue weighted by molar-refractivity contribution is 0.252. The summed E-state index contributed by atoms with van der Waals surface area (Å²) in [6.45, 7) is 0.631. The fourth-order valence-electron chi connectivity index (χ4n) is 3.01. The van der Waals surface area contributed by atoms with E-state index in [0.29, 0.717) is 6.54 Å². The van der Waals surface area contributed by atoms with Gasteiger partial charge in [-0.05, 0) is 48.9 Å². The number of rotatable bonds is 3. The van der Waals surface area contributed by atoms with Gasteiger partial charge < -0.3 is 5.73 Å². The van der Waals surface area contributed by atoms with Gasteiger partial charge in [0.1, 0.15) is 0 Å². The first-order chi connectivity index (χ1) is 8.65. The van der Waals surface area contributed by atoms with Crippen LogP contribution in [-0.2, 0) is 6.42 Å². The van der Waals surface area contributed by atoms with Gasteiger partial charge in [-0.15, -0.1) is 0 Å². The fraction of sp³-hybridized carbons (Fsp3) is 0.600. The molecule has 0 aliphatic heterocycles. The molecule has 1 saturated carbocycles. The maximum Gasteiger partial charge on any atom is 0.159 e. The van der Waals surface area contributed by atoms with E-state index in [9.17, 15) is 8.78 Å². The molecule has 0 amide bonds. The van der Waals surface area contributed by atoms with E-state index in [2.05, 4.69) is 0 Å². The van der Waals surface area contributed by atoms with Crippen LogP contribution in [0.3, 0.4) is 0 Å². The Labute approximate surface area is 107 Å². The lowest BCUT2D eigenvalue weighted by atomic mass is 9.75. The van der Waals surface area contributed by atoms with E-state index in [4.69, 9.17) is 5.73 Å². The molecule has 2 rings (SSSR count). The summed E-state index contributed by atoms with van der Waals surface area (Å²) < 4.78 is 26.2. The minimum absolute atomic E-state index is 0.0841. The Balaban J connectivity index is 2.15. The van der Waals surface area contributed by atoms with Crippen molar-refractivity contribution >= 4 is 0 Å². The summed E-state index contributed by atoms with van der Waals surface area (Å²) in [5.41, 5.74) is 6.90. The smallest absolute Gasteiger partial charge is 0.159 e. The average Bonchev–Trinajstić information content (AvgIpc) is 2.60. The molecule has 100 valence electrons. The molecule has 1 fully saturated rings. The summed E-state index contributed by atoms with van der Waals surface area (Å²) in [4.78, 5) is 0. The first-order valence-electron chi connectivity index (χ1n) is 6.79. The highest BCUT2D eigenvalue weighted by Gasteiger charge is 2.29. The van der Waals surface area contributed by atoms with E-state index in [-0.39, 0.29) is 5.41 Å². The van der Waals surface area contributed by atoms with Crippen molar-refractivity contribution in [2.24, 2.45) is 11.1 Å². The van der Waals surface area contributed by atoms with Crippen molar-refractivity contribution in [1.82, 2.24) is 0 Å². The average molecular weight is 253 g/mol. The summed E-state index contributed by atoms with van der Waals surface area (Å²) in [7, 11) is 0. The van der Waals surface area contributed by atoms with Crippen LogP contribution in [0.2, 0.25) is 0 Å². The zero-order valence-electron chi connectivity index (χ0n) is 10.7. The number of benzene rings is 1. The van der Waals surface area contributed by atoms with Crippen molar-refractivity contribution in [3.05, 3.63) is 35.4 Å². The molecule has 0 saturated heterocycles. The third-order valence-corrected chi connectivity index (χ3v) is 4.16. The number of halogens is 2. The van der Waals surface area contributed by atoms with Crippen LogP contribution in [0.5, 0.6) is 0 Å². The third-order valence-electron chi connectivity index (χ3n) is 4.16. The second-order valence-corrected chi connectivity index (χ2v) is 5.54. The van der Waals surface area contributed by atoms with Gasteiger partial charge in [-0.1, -0.05) is 31.7 Å². The van der Waals surface area contributed by atoms with Gasteiger partial charge in [0.25, 0.3) is 0 Å². The van der Waals surface area contributed by atoms with E-state index >= 15 is 0 Å². The van der Waals surface area contributed by atoms with Crippen molar-refractivity contribution < 1.29 is 8.78 Å². The molecule has 2 N–H and O–H groups in total. The zero-order valence-corrected chi connectivity index (χ0v) is 10.7. The predicted octanol–water partition coefficient (Wildman–Crippen LogP) is 3.81. The van der Waals surface area contributed by atoms with Gasteiger partial charge in [0, 0.05) is 0 Å². The second-order valence-electron chi connectivity index (χ2n) is 5.54. The minimum atomic E-state index is -0.776. The van der Waals surface area contributed by atoms with E-state index in [1.54, 1.807) is 6.07 Å². The molecule has 1 nitrogen and oxygen atoms in total. The SMILES string of the molecule is NCC1(Cc2ccc(F)c(F)c2)CCCCCC1. The van der Waals surface area contributed by atoms with Crippen LogP contribution in [0.1, 0.15) is 44.1 Å². The highest BCUT2D eigenvalue weighted by Crippen LogP contribution is 2.37. The maximum absolute atomic E-state index is 13.2. The second kappa shape index (κ2) is 5.79. The van der Waals surface area contributed by atoms with E-state index in [1.807, 2.05) is 0 Å². The van der Waals surface area contributed by atoms with Crippen molar-refractivity contribution in [3.63, 3.8) is 0 Å². The van der Waals surface area contributed by atoms with Crippen molar-refractivity contribution in [3.8, 4) is 0 Å². The summed E-state index contributed by atoms with van der Waals surface area (Å²) in [6.07, 6.45) is 7.88. The molecule has 1 aromatic rings. The van der Waals surface area contributed by atoms with E-state index < -0.39 is 11.6 Å². The lowest BCUT2D eigenvalue weighted by Crippen LogP contribution is -2.32. The summed E-state index contributed by atoms with van der Waals surface area (Å²) in [5, 5.41) is 0. The highest BCUT2D eigenvalue weighted by atomic mass is 19.2. The van der Waals surface area contributed by atoms with Gasteiger partial charge >= 0.3 is 0 Å². The molecule has 0 atom stereocenters. The van der Waals surface area contributed by atoms with Gasteiger partial charge in [-0.3, -0.25) is 0 Å². The van der Waals surface area contributed by atoms with Crippen LogP contribution in [0, 0.1) is 17.0 Å². The summed E-state index contributed by atoms with van der Waals surface area (Å²) >= 11 is 0. The van der Waals surface area contributed by atoms with Gasteiger partial charge in [-0.25, -0.2) is 8.78 Å². The van der Waals surface area contributed by atoms with Crippen LogP contribution < -0.4 is 5.73 Å². The molecule has 0 bridgehead atoms. The van der Waals surface area contributed by atoms with Gasteiger partial charge in [0.2, 0.25) is 0 Å². The largest absolute Gasteiger partial charge is 0.330 e. The Hall–Kier alpha value is -0.960.